The first-order valence-electron chi connectivity index (χ1n) is 5.35. The van der Waals surface area contributed by atoms with Gasteiger partial charge in [-0.2, -0.15) is 0 Å². The van der Waals surface area contributed by atoms with E-state index in [4.69, 9.17) is 4.74 Å². The highest BCUT2D eigenvalue weighted by Crippen LogP contribution is 2.36. The number of allylic oxidation sites excluding steroid dienone is 1. The smallest absolute Gasteiger partial charge is 0.344 e. The van der Waals surface area contributed by atoms with Crippen LogP contribution >= 0.6 is 0 Å². The van der Waals surface area contributed by atoms with Gasteiger partial charge in [-0.3, -0.25) is 10.1 Å². The minimum atomic E-state index is -0.522. The third-order valence-electron chi connectivity index (χ3n) is 2.53. The summed E-state index contributed by atoms with van der Waals surface area (Å²) in [5.74, 6) is -0.217. The zero-order valence-corrected chi connectivity index (χ0v) is 9.30. The lowest BCUT2D eigenvalue weighted by molar-refractivity contribution is -0.385. The van der Waals surface area contributed by atoms with Gasteiger partial charge in [0.2, 0.25) is 0 Å². The molecule has 0 fully saturated rings. The molecule has 0 aromatic heterocycles. The molecule has 2 rings (SSSR count). The molecule has 0 atom stereocenters. The molecule has 17 heavy (non-hydrogen) atoms. The van der Waals surface area contributed by atoms with E-state index in [-0.39, 0.29) is 11.3 Å². The lowest BCUT2D eigenvalue weighted by Crippen LogP contribution is -1.95. The molecule has 0 spiro atoms. The first-order valence-corrected chi connectivity index (χ1v) is 5.35. The SMILES string of the molecule is CCC/C=C1\OC(=O)c2cccc([N+](=O)[O-])c21. The number of hydrogen-bond donors (Lipinski definition) is 0. The quantitative estimate of drug-likeness (QED) is 0.457. The molecule has 0 radical (unpaired) electrons. The van der Waals surface area contributed by atoms with Crippen molar-refractivity contribution in [2.24, 2.45) is 0 Å². The lowest BCUT2D eigenvalue weighted by atomic mass is 10.1. The fraction of sp³-hybridized carbons (Fsp3) is 0.250. The van der Waals surface area contributed by atoms with Crippen LogP contribution in [0.4, 0.5) is 5.69 Å². The molecule has 0 saturated heterocycles. The number of carbonyl (C=O) groups is 1. The Morgan fingerprint density at radius 2 is 2.24 bits per heavy atom. The molecule has 1 aromatic carbocycles. The summed E-state index contributed by atoms with van der Waals surface area (Å²) in [5, 5.41) is 10.9. The molecule has 1 heterocycles. The predicted octanol–water partition coefficient (Wildman–Crippen LogP) is 2.91. The first-order chi connectivity index (χ1) is 8.15. The molecular weight excluding hydrogens is 222 g/mol. The zero-order valence-electron chi connectivity index (χ0n) is 9.30. The summed E-state index contributed by atoms with van der Waals surface area (Å²) in [4.78, 5) is 21.9. The average molecular weight is 233 g/mol. The van der Waals surface area contributed by atoms with Gasteiger partial charge in [0.25, 0.3) is 5.69 Å². The number of nitrogens with zero attached hydrogens (tertiary/aromatic N) is 1. The van der Waals surface area contributed by atoms with Crippen LogP contribution in [0.1, 0.15) is 35.7 Å². The second kappa shape index (κ2) is 4.37. The van der Waals surface area contributed by atoms with Crippen molar-refractivity contribution in [3.05, 3.63) is 45.5 Å². The van der Waals surface area contributed by atoms with Crippen molar-refractivity contribution in [2.45, 2.75) is 19.8 Å². The monoisotopic (exact) mass is 233 g/mol. The molecule has 0 saturated carbocycles. The van der Waals surface area contributed by atoms with Crippen LogP contribution in [-0.4, -0.2) is 10.9 Å². The minimum Gasteiger partial charge on any atom is -0.422 e. The van der Waals surface area contributed by atoms with E-state index in [1.807, 2.05) is 6.92 Å². The van der Waals surface area contributed by atoms with Crippen LogP contribution in [0.15, 0.2) is 24.3 Å². The van der Waals surface area contributed by atoms with Crippen LogP contribution in [0.25, 0.3) is 5.76 Å². The van der Waals surface area contributed by atoms with Crippen molar-refractivity contribution in [1.82, 2.24) is 0 Å². The molecule has 0 N–H and O–H groups in total. The molecular formula is C12H11NO4. The van der Waals surface area contributed by atoms with E-state index in [1.165, 1.54) is 18.2 Å². The van der Waals surface area contributed by atoms with Gasteiger partial charge in [-0.1, -0.05) is 19.4 Å². The summed E-state index contributed by atoms with van der Waals surface area (Å²) in [6, 6.07) is 4.40. The van der Waals surface area contributed by atoms with Gasteiger partial charge in [0.15, 0.2) is 0 Å². The van der Waals surface area contributed by atoms with Crippen LogP contribution < -0.4 is 0 Å². The maximum atomic E-state index is 11.5. The summed E-state index contributed by atoms with van der Waals surface area (Å²) < 4.78 is 5.04. The van der Waals surface area contributed by atoms with E-state index in [1.54, 1.807) is 6.08 Å². The molecule has 88 valence electrons. The Balaban J connectivity index is 2.57. The maximum absolute atomic E-state index is 11.5. The van der Waals surface area contributed by atoms with E-state index < -0.39 is 10.9 Å². The van der Waals surface area contributed by atoms with Gasteiger partial charge in [0.1, 0.15) is 11.3 Å². The number of fused-ring (bicyclic) bond motifs is 1. The fourth-order valence-corrected chi connectivity index (χ4v) is 1.75. The van der Waals surface area contributed by atoms with E-state index in [0.717, 1.165) is 6.42 Å². The molecule has 1 aliphatic rings. The number of unbranched alkanes of at least 4 members (excludes halogenated alkanes) is 1. The van der Waals surface area contributed by atoms with Gasteiger partial charge in [-0.05, 0) is 18.6 Å². The fourth-order valence-electron chi connectivity index (χ4n) is 1.75. The summed E-state index contributed by atoms with van der Waals surface area (Å²) in [6.45, 7) is 1.98. The highest BCUT2D eigenvalue weighted by Gasteiger charge is 2.33. The zero-order chi connectivity index (χ0) is 12.4. The topological polar surface area (TPSA) is 69.4 Å². The number of cyclic esters (lactones) is 1. The molecule has 0 unspecified atom stereocenters. The van der Waals surface area contributed by atoms with Crippen molar-refractivity contribution in [1.29, 1.82) is 0 Å². The average Bonchev–Trinajstić information content (AvgIpc) is 2.64. The van der Waals surface area contributed by atoms with E-state index >= 15 is 0 Å². The van der Waals surface area contributed by atoms with E-state index in [9.17, 15) is 14.9 Å². The third kappa shape index (κ3) is 1.91. The summed E-state index contributed by atoms with van der Waals surface area (Å²) in [5.41, 5.74) is 0.480. The van der Waals surface area contributed by atoms with Gasteiger partial charge in [-0.15, -0.1) is 0 Å². The van der Waals surface area contributed by atoms with Crippen molar-refractivity contribution < 1.29 is 14.5 Å². The molecule has 5 heteroatoms. The van der Waals surface area contributed by atoms with E-state index in [2.05, 4.69) is 0 Å². The second-order valence-corrected chi connectivity index (χ2v) is 3.70. The Bertz CT molecular complexity index is 519. The molecule has 0 aliphatic carbocycles. The molecule has 1 aromatic rings. The van der Waals surface area contributed by atoms with Crippen molar-refractivity contribution in [2.75, 3.05) is 0 Å². The highest BCUT2D eigenvalue weighted by atomic mass is 16.6. The maximum Gasteiger partial charge on any atom is 0.344 e. The Morgan fingerprint density at radius 3 is 2.88 bits per heavy atom. The Morgan fingerprint density at radius 1 is 1.47 bits per heavy atom. The van der Waals surface area contributed by atoms with Crippen LogP contribution in [0.2, 0.25) is 0 Å². The molecule has 0 amide bonds. The number of carbonyl (C=O) groups excluding carboxylic acids is 1. The number of nitro groups is 1. The van der Waals surface area contributed by atoms with Gasteiger partial charge in [0.05, 0.1) is 10.5 Å². The van der Waals surface area contributed by atoms with Gasteiger partial charge in [-0.25, -0.2) is 4.79 Å². The van der Waals surface area contributed by atoms with Crippen LogP contribution in [-0.2, 0) is 4.74 Å². The molecule has 1 aliphatic heterocycles. The van der Waals surface area contributed by atoms with Crippen LogP contribution in [0.5, 0.6) is 0 Å². The number of ether oxygens (including phenoxy) is 1. The van der Waals surface area contributed by atoms with Crippen molar-refractivity contribution in [3.8, 4) is 0 Å². The summed E-state index contributed by atoms with van der Waals surface area (Å²) in [6.07, 6.45) is 3.32. The highest BCUT2D eigenvalue weighted by molar-refractivity contribution is 6.04. The summed E-state index contributed by atoms with van der Waals surface area (Å²) >= 11 is 0. The normalized spacial score (nSPS) is 15.8. The summed E-state index contributed by atoms with van der Waals surface area (Å²) in [7, 11) is 0. The van der Waals surface area contributed by atoms with Crippen LogP contribution in [0, 0.1) is 10.1 Å². The second-order valence-electron chi connectivity index (χ2n) is 3.70. The Hall–Kier alpha value is -2.17. The standard InChI is InChI=1S/C12H11NO4/c1-2-3-7-10-11-8(12(14)17-10)5-4-6-9(11)13(15)16/h4-7H,2-3H2,1H3/b10-7-. The number of benzene rings is 1. The Kier molecular flexibility index (Phi) is 2.91. The van der Waals surface area contributed by atoms with Gasteiger partial charge in [0, 0.05) is 6.07 Å². The Labute approximate surface area is 97.9 Å². The predicted molar refractivity (Wildman–Crippen MR) is 61.4 cm³/mol. The number of nitro benzene ring substituents is 1. The molecule has 0 bridgehead atoms. The third-order valence-corrected chi connectivity index (χ3v) is 2.53. The van der Waals surface area contributed by atoms with Crippen molar-refractivity contribution >= 4 is 17.4 Å². The molecule has 5 nitrogen and oxygen atoms in total. The number of esters is 1. The van der Waals surface area contributed by atoms with Gasteiger partial charge < -0.3 is 4.74 Å². The number of hydrogen-bond acceptors (Lipinski definition) is 4. The number of rotatable bonds is 3. The van der Waals surface area contributed by atoms with Gasteiger partial charge >= 0.3 is 5.97 Å². The van der Waals surface area contributed by atoms with Crippen molar-refractivity contribution in [3.63, 3.8) is 0 Å². The first kappa shape index (κ1) is 11.3. The lowest BCUT2D eigenvalue weighted by Gasteiger charge is -1.99. The largest absolute Gasteiger partial charge is 0.422 e. The van der Waals surface area contributed by atoms with Crippen LogP contribution in [0.3, 0.4) is 0 Å². The van der Waals surface area contributed by atoms with E-state index in [0.29, 0.717) is 17.7 Å². The minimum absolute atomic E-state index is 0.0873.